The van der Waals surface area contributed by atoms with Crippen LogP contribution in [0, 0.1) is 6.92 Å². The van der Waals surface area contributed by atoms with E-state index in [1.807, 2.05) is 6.20 Å². The van der Waals surface area contributed by atoms with E-state index in [1.54, 1.807) is 11.3 Å². The Morgan fingerprint density at radius 1 is 1.40 bits per heavy atom. The van der Waals surface area contributed by atoms with E-state index in [-0.39, 0.29) is 5.54 Å². The summed E-state index contributed by atoms with van der Waals surface area (Å²) in [5.74, 6) is 3.32. The number of nitrogens with zero attached hydrogens (tertiary/aromatic N) is 3. The minimum absolute atomic E-state index is 0.225. The molecule has 8 heteroatoms. The summed E-state index contributed by atoms with van der Waals surface area (Å²) in [6.45, 7) is 10.4. The van der Waals surface area contributed by atoms with Crippen molar-refractivity contribution in [1.82, 2.24) is 20.5 Å². The average molecular weight is 384 g/mol. The second kappa shape index (κ2) is 9.21. The van der Waals surface area contributed by atoms with Gasteiger partial charge >= 0.3 is 0 Å². The van der Waals surface area contributed by atoms with Crippen molar-refractivity contribution in [3.05, 3.63) is 16.1 Å². The van der Waals surface area contributed by atoms with Crippen LogP contribution in [0.3, 0.4) is 0 Å². The highest BCUT2D eigenvalue weighted by molar-refractivity contribution is 7.99. The summed E-state index contributed by atoms with van der Waals surface area (Å²) in [6, 6.07) is 0. The fourth-order valence-corrected chi connectivity index (χ4v) is 5.54. The minimum Gasteiger partial charge on any atom is -0.379 e. The molecule has 2 aliphatic heterocycles. The standard InChI is InChI=1S/C17H29N5OS2/c1-3-18-16(20-11-15-19-10-14(2)25-15)21-12-17(4-9-24-13-17)22-5-7-23-8-6-22/h10H,3-9,11-13H2,1-2H3,(H2,18,20,21). The van der Waals surface area contributed by atoms with Gasteiger partial charge in [0.15, 0.2) is 5.96 Å². The van der Waals surface area contributed by atoms with Gasteiger partial charge in [-0.1, -0.05) is 0 Å². The number of aryl methyl sites for hydroxylation is 1. The minimum atomic E-state index is 0.225. The summed E-state index contributed by atoms with van der Waals surface area (Å²) in [5, 5.41) is 8.03. The zero-order valence-electron chi connectivity index (χ0n) is 15.2. The first-order valence-electron chi connectivity index (χ1n) is 9.06. The van der Waals surface area contributed by atoms with E-state index in [2.05, 4.69) is 46.1 Å². The lowest BCUT2D eigenvalue weighted by atomic mass is 9.95. The first-order chi connectivity index (χ1) is 12.2. The Balaban J connectivity index is 1.62. The van der Waals surface area contributed by atoms with Crippen molar-refractivity contribution >= 4 is 29.1 Å². The zero-order valence-corrected chi connectivity index (χ0v) is 16.8. The number of hydrogen-bond donors (Lipinski definition) is 2. The van der Waals surface area contributed by atoms with Crippen molar-refractivity contribution in [2.24, 2.45) is 4.99 Å². The molecule has 2 saturated heterocycles. The third-order valence-electron chi connectivity index (χ3n) is 4.74. The molecule has 25 heavy (non-hydrogen) atoms. The van der Waals surface area contributed by atoms with E-state index in [1.165, 1.54) is 22.8 Å². The van der Waals surface area contributed by atoms with E-state index in [0.29, 0.717) is 6.54 Å². The summed E-state index contributed by atoms with van der Waals surface area (Å²) in [5.41, 5.74) is 0.225. The Hall–Kier alpha value is -0.830. The van der Waals surface area contributed by atoms with Gasteiger partial charge in [-0.2, -0.15) is 11.8 Å². The number of thiazole rings is 1. The van der Waals surface area contributed by atoms with Gasteiger partial charge in [0.2, 0.25) is 0 Å². The van der Waals surface area contributed by atoms with Crippen LogP contribution >= 0.6 is 23.1 Å². The lowest BCUT2D eigenvalue weighted by Crippen LogP contribution is -2.60. The van der Waals surface area contributed by atoms with Gasteiger partial charge < -0.3 is 15.4 Å². The molecule has 0 amide bonds. The Morgan fingerprint density at radius 3 is 2.88 bits per heavy atom. The summed E-state index contributed by atoms with van der Waals surface area (Å²) in [6.07, 6.45) is 3.15. The number of morpholine rings is 1. The number of hydrogen-bond acceptors (Lipinski definition) is 6. The normalized spacial score (nSPS) is 25.3. The summed E-state index contributed by atoms with van der Waals surface area (Å²) < 4.78 is 5.55. The highest BCUT2D eigenvalue weighted by Crippen LogP contribution is 2.33. The van der Waals surface area contributed by atoms with Crippen LogP contribution in [-0.4, -0.2) is 72.3 Å². The van der Waals surface area contributed by atoms with Crippen molar-refractivity contribution in [1.29, 1.82) is 0 Å². The van der Waals surface area contributed by atoms with E-state index < -0.39 is 0 Å². The highest BCUT2D eigenvalue weighted by Gasteiger charge is 2.40. The second-order valence-corrected chi connectivity index (χ2v) is 8.96. The smallest absolute Gasteiger partial charge is 0.191 e. The maximum atomic E-state index is 5.55. The summed E-state index contributed by atoms with van der Waals surface area (Å²) in [4.78, 5) is 13.0. The monoisotopic (exact) mass is 383 g/mol. The van der Waals surface area contributed by atoms with Gasteiger partial charge in [-0.25, -0.2) is 9.98 Å². The molecule has 1 aromatic heterocycles. The summed E-state index contributed by atoms with van der Waals surface area (Å²) in [7, 11) is 0. The van der Waals surface area contributed by atoms with Crippen molar-refractivity contribution < 1.29 is 4.74 Å². The second-order valence-electron chi connectivity index (χ2n) is 6.54. The maximum absolute atomic E-state index is 5.55. The van der Waals surface area contributed by atoms with Crippen LogP contribution in [0.1, 0.15) is 23.2 Å². The van der Waals surface area contributed by atoms with E-state index in [9.17, 15) is 0 Å². The van der Waals surface area contributed by atoms with Gasteiger partial charge in [0.25, 0.3) is 0 Å². The first-order valence-corrected chi connectivity index (χ1v) is 11.0. The molecule has 0 saturated carbocycles. The van der Waals surface area contributed by atoms with Crippen LogP contribution in [0.2, 0.25) is 0 Å². The molecule has 1 atom stereocenters. The van der Waals surface area contributed by atoms with Gasteiger partial charge in [-0.05, 0) is 26.0 Å². The van der Waals surface area contributed by atoms with E-state index in [4.69, 9.17) is 9.73 Å². The molecule has 1 aromatic rings. The van der Waals surface area contributed by atoms with Crippen molar-refractivity contribution in [3.8, 4) is 0 Å². The fraction of sp³-hybridized carbons (Fsp3) is 0.765. The van der Waals surface area contributed by atoms with Gasteiger partial charge in [0.1, 0.15) is 5.01 Å². The number of ether oxygens (including phenoxy) is 1. The Bertz CT molecular complexity index is 565. The molecule has 0 bridgehead atoms. The molecule has 3 rings (SSSR count). The van der Waals surface area contributed by atoms with Crippen LogP contribution in [0.15, 0.2) is 11.2 Å². The molecule has 6 nitrogen and oxygen atoms in total. The molecule has 1 unspecified atom stereocenters. The van der Waals surface area contributed by atoms with Gasteiger partial charge in [0, 0.05) is 48.5 Å². The molecule has 2 aliphatic rings. The lowest BCUT2D eigenvalue weighted by Gasteiger charge is -2.43. The van der Waals surface area contributed by atoms with Gasteiger partial charge in [-0.15, -0.1) is 11.3 Å². The van der Waals surface area contributed by atoms with Crippen molar-refractivity contribution in [3.63, 3.8) is 0 Å². The van der Waals surface area contributed by atoms with Gasteiger partial charge in [0.05, 0.1) is 19.8 Å². The predicted octanol–water partition coefficient (Wildman–Crippen LogP) is 1.71. The molecule has 2 N–H and O–H groups in total. The molecule has 3 heterocycles. The number of guanidine groups is 1. The number of nitrogens with one attached hydrogen (secondary N) is 2. The van der Waals surface area contributed by atoms with Crippen molar-refractivity contribution in [2.45, 2.75) is 32.4 Å². The predicted molar refractivity (Wildman–Crippen MR) is 107 cm³/mol. The molecule has 2 fully saturated rings. The SMILES string of the molecule is CCNC(=NCc1ncc(C)s1)NCC1(N2CCOCC2)CCSC1. The van der Waals surface area contributed by atoms with Crippen LogP contribution < -0.4 is 10.6 Å². The van der Waals surface area contributed by atoms with Crippen molar-refractivity contribution in [2.75, 3.05) is 50.9 Å². The Morgan fingerprint density at radius 2 is 2.24 bits per heavy atom. The van der Waals surface area contributed by atoms with Crippen LogP contribution in [-0.2, 0) is 11.3 Å². The maximum Gasteiger partial charge on any atom is 0.191 e. The molecule has 0 aliphatic carbocycles. The first kappa shape index (κ1) is 18.9. The van der Waals surface area contributed by atoms with E-state index in [0.717, 1.165) is 50.4 Å². The Labute approximate surface area is 158 Å². The molecule has 0 radical (unpaired) electrons. The average Bonchev–Trinajstić information content (AvgIpc) is 3.28. The fourth-order valence-electron chi connectivity index (χ4n) is 3.35. The van der Waals surface area contributed by atoms with E-state index >= 15 is 0 Å². The third-order valence-corrected chi connectivity index (χ3v) is 6.87. The highest BCUT2D eigenvalue weighted by atomic mass is 32.2. The molecular weight excluding hydrogens is 354 g/mol. The molecule has 140 valence electrons. The van der Waals surface area contributed by atoms with Gasteiger partial charge in [-0.3, -0.25) is 4.90 Å². The lowest BCUT2D eigenvalue weighted by molar-refractivity contribution is -0.0120. The number of thioether (sulfide) groups is 1. The topological polar surface area (TPSA) is 61.8 Å². The molecule has 0 spiro atoms. The third kappa shape index (κ3) is 5.09. The quantitative estimate of drug-likeness (QED) is 0.576. The largest absolute Gasteiger partial charge is 0.379 e. The molecular formula is C17H29N5OS2. The van der Waals surface area contributed by atoms with Crippen LogP contribution in [0.4, 0.5) is 0 Å². The zero-order chi connectivity index (χ0) is 17.5. The van der Waals surface area contributed by atoms with Crippen LogP contribution in [0.5, 0.6) is 0 Å². The summed E-state index contributed by atoms with van der Waals surface area (Å²) >= 11 is 3.78. The Kier molecular flexibility index (Phi) is 6.98. The molecule has 0 aromatic carbocycles. The van der Waals surface area contributed by atoms with Crippen LogP contribution in [0.25, 0.3) is 0 Å². The number of rotatable bonds is 6. The number of aliphatic imine (C=N–C) groups is 1. The number of aromatic nitrogens is 1.